The molecule has 0 radical (unpaired) electrons. The molecule has 130 valence electrons. The van der Waals surface area contributed by atoms with E-state index in [-0.39, 0.29) is 11.4 Å². The molecule has 1 aromatic heterocycles. The minimum absolute atomic E-state index is 0.130. The van der Waals surface area contributed by atoms with Gasteiger partial charge < -0.3 is 0 Å². The van der Waals surface area contributed by atoms with Gasteiger partial charge in [0.1, 0.15) is 4.90 Å². The lowest BCUT2D eigenvalue weighted by Gasteiger charge is -2.07. The van der Waals surface area contributed by atoms with Crippen LogP contribution >= 0.6 is 11.6 Å². The first-order chi connectivity index (χ1) is 12.0. The fraction of sp³-hybridized carbons (Fsp3) is 0.167. The molecule has 0 aliphatic heterocycles. The van der Waals surface area contributed by atoms with Crippen LogP contribution in [-0.2, 0) is 23.1 Å². The third-order valence-corrected chi connectivity index (χ3v) is 5.66. The summed E-state index contributed by atoms with van der Waals surface area (Å²) in [5.41, 5.74) is 2.24. The predicted molar refractivity (Wildman–Crippen MR) is 98.0 cm³/mol. The summed E-state index contributed by atoms with van der Waals surface area (Å²) in [5.74, 6) is 0. The highest BCUT2D eigenvalue weighted by atomic mass is 35.5. The van der Waals surface area contributed by atoms with Crippen molar-refractivity contribution in [3.63, 3.8) is 0 Å². The van der Waals surface area contributed by atoms with Crippen LogP contribution in [0.2, 0.25) is 5.02 Å². The third kappa shape index (κ3) is 4.28. The van der Waals surface area contributed by atoms with E-state index in [1.165, 1.54) is 0 Å². The van der Waals surface area contributed by atoms with Crippen LogP contribution in [0.15, 0.2) is 65.7 Å². The Morgan fingerprint density at radius 2 is 1.76 bits per heavy atom. The standard InChI is InChI=1S/C18H18ClN3O2S/c1-14-18(13-22(21-14)12-15-7-3-2-4-8-15)25(23,24)20-11-16-9-5-6-10-17(16)19/h2-10,13,20H,11-12H2,1H3. The molecule has 2 aromatic carbocycles. The smallest absolute Gasteiger partial charge is 0.244 e. The van der Waals surface area contributed by atoms with E-state index in [0.717, 1.165) is 11.1 Å². The van der Waals surface area contributed by atoms with E-state index in [1.54, 1.807) is 36.0 Å². The van der Waals surface area contributed by atoms with Gasteiger partial charge in [0.05, 0.1) is 12.2 Å². The molecule has 7 heteroatoms. The molecule has 0 saturated heterocycles. The van der Waals surface area contributed by atoms with Gasteiger partial charge in [0.2, 0.25) is 10.0 Å². The second kappa shape index (κ2) is 7.39. The number of halogens is 1. The summed E-state index contributed by atoms with van der Waals surface area (Å²) in [6, 6.07) is 16.9. The molecule has 25 heavy (non-hydrogen) atoms. The van der Waals surface area contributed by atoms with E-state index in [4.69, 9.17) is 11.6 Å². The monoisotopic (exact) mass is 375 g/mol. The van der Waals surface area contributed by atoms with Gasteiger partial charge in [0.25, 0.3) is 0 Å². The summed E-state index contributed by atoms with van der Waals surface area (Å²) in [6.07, 6.45) is 1.55. The maximum absolute atomic E-state index is 12.6. The molecule has 0 aliphatic carbocycles. The fourth-order valence-electron chi connectivity index (χ4n) is 2.51. The van der Waals surface area contributed by atoms with E-state index in [9.17, 15) is 8.42 Å². The first-order valence-corrected chi connectivity index (χ1v) is 9.63. The van der Waals surface area contributed by atoms with Crippen molar-refractivity contribution >= 4 is 21.6 Å². The Labute approximate surface area is 152 Å². The molecule has 0 atom stereocenters. The lowest BCUT2D eigenvalue weighted by Crippen LogP contribution is -2.23. The van der Waals surface area contributed by atoms with Gasteiger partial charge in [-0.15, -0.1) is 0 Å². The van der Waals surface area contributed by atoms with Crippen molar-refractivity contribution in [1.82, 2.24) is 14.5 Å². The Bertz CT molecular complexity index is 969. The summed E-state index contributed by atoms with van der Waals surface area (Å²) >= 11 is 6.07. The summed E-state index contributed by atoms with van der Waals surface area (Å²) in [7, 11) is -3.67. The maximum Gasteiger partial charge on any atom is 0.244 e. The molecule has 5 nitrogen and oxygen atoms in total. The van der Waals surface area contributed by atoms with E-state index in [2.05, 4.69) is 9.82 Å². The molecule has 1 heterocycles. The molecule has 0 spiro atoms. The van der Waals surface area contributed by atoms with Gasteiger partial charge in [-0.2, -0.15) is 5.10 Å². The Balaban J connectivity index is 1.77. The minimum Gasteiger partial charge on any atom is -0.267 e. The molecule has 3 rings (SSSR count). The van der Waals surface area contributed by atoms with Crippen LogP contribution < -0.4 is 4.72 Å². The first-order valence-electron chi connectivity index (χ1n) is 7.77. The number of sulfonamides is 1. The largest absolute Gasteiger partial charge is 0.267 e. The van der Waals surface area contributed by atoms with E-state index >= 15 is 0 Å². The lowest BCUT2D eigenvalue weighted by atomic mass is 10.2. The number of nitrogens with one attached hydrogen (secondary N) is 1. The van der Waals surface area contributed by atoms with E-state index in [0.29, 0.717) is 17.3 Å². The summed E-state index contributed by atoms with van der Waals surface area (Å²) < 4.78 is 29.4. The molecule has 0 unspecified atom stereocenters. The lowest BCUT2D eigenvalue weighted by molar-refractivity contribution is 0.580. The number of hydrogen-bond acceptors (Lipinski definition) is 3. The molecular weight excluding hydrogens is 358 g/mol. The van der Waals surface area contributed by atoms with Crippen LogP contribution in [0.5, 0.6) is 0 Å². The topological polar surface area (TPSA) is 64.0 Å². The number of rotatable bonds is 6. The van der Waals surface area contributed by atoms with Gasteiger partial charge in [-0.3, -0.25) is 4.68 Å². The van der Waals surface area contributed by atoms with Crippen molar-refractivity contribution in [2.45, 2.75) is 24.9 Å². The average molecular weight is 376 g/mol. The average Bonchev–Trinajstić information content (AvgIpc) is 2.96. The van der Waals surface area contributed by atoms with Crippen molar-refractivity contribution < 1.29 is 8.42 Å². The van der Waals surface area contributed by atoms with Crippen molar-refractivity contribution in [3.8, 4) is 0 Å². The number of hydrogen-bond donors (Lipinski definition) is 1. The Kier molecular flexibility index (Phi) is 5.22. The van der Waals surface area contributed by atoms with Crippen molar-refractivity contribution in [2.75, 3.05) is 0 Å². The normalized spacial score (nSPS) is 11.6. The highest BCUT2D eigenvalue weighted by Gasteiger charge is 2.20. The van der Waals surface area contributed by atoms with Crippen molar-refractivity contribution in [3.05, 3.63) is 82.6 Å². The molecule has 0 saturated carbocycles. The fourth-order valence-corrected chi connectivity index (χ4v) is 3.90. The summed E-state index contributed by atoms with van der Waals surface area (Å²) in [5, 5.41) is 4.85. The van der Waals surface area contributed by atoms with Gasteiger partial charge in [0, 0.05) is 17.8 Å². The summed E-state index contributed by atoms with van der Waals surface area (Å²) in [4.78, 5) is 0.176. The molecular formula is C18H18ClN3O2S. The van der Waals surface area contributed by atoms with Gasteiger partial charge in [-0.1, -0.05) is 60.1 Å². The molecule has 0 aliphatic rings. The zero-order valence-corrected chi connectivity index (χ0v) is 15.3. The molecule has 1 N–H and O–H groups in total. The maximum atomic E-state index is 12.6. The van der Waals surface area contributed by atoms with Crippen LogP contribution in [0.4, 0.5) is 0 Å². The van der Waals surface area contributed by atoms with Gasteiger partial charge in [0.15, 0.2) is 0 Å². The Morgan fingerprint density at radius 1 is 1.08 bits per heavy atom. The second-order valence-corrected chi connectivity index (χ2v) is 7.82. The summed E-state index contributed by atoms with van der Waals surface area (Å²) in [6.45, 7) is 2.33. The highest BCUT2D eigenvalue weighted by Crippen LogP contribution is 2.18. The van der Waals surface area contributed by atoms with Crippen molar-refractivity contribution in [1.29, 1.82) is 0 Å². The van der Waals surface area contributed by atoms with Crippen LogP contribution in [-0.4, -0.2) is 18.2 Å². The van der Waals surface area contributed by atoms with Crippen LogP contribution in [0.25, 0.3) is 0 Å². The highest BCUT2D eigenvalue weighted by molar-refractivity contribution is 7.89. The van der Waals surface area contributed by atoms with Crippen molar-refractivity contribution in [2.24, 2.45) is 0 Å². The van der Waals surface area contributed by atoms with Gasteiger partial charge in [-0.25, -0.2) is 13.1 Å². The van der Waals surface area contributed by atoms with Crippen LogP contribution in [0.1, 0.15) is 16.8 Å². The Morgan fingerprint density at radius 3 is 2.48 bits per heavy atom. The van der Waals surface area contributed by atoms with E-state index < -0.39 is 10.0 Å². The van der Waals surface area contributed by atoms with Gasteiger partial charge >= 0.3 is 0 Å². The molecule has 0 amide bonds. The van der Waals surface area contributed by atoms with Gasteiger partial charge in [-0.05, 0) is 24.1 Å². The number of aryl methyl sites for hydroxylation is 1. The molecule has 0 fully saturated rings. The van der Waals surface area contributed by atoms with Crippen LogP contribution in [0.3, 0.4) is 0 Å². The first kappa shape index (κ1) is 17.7. The third-order valence-electron chi connectivity index (χ3n) is 3.79. The molecule has 0 bridgehead atoms. The second-order valence-electron chi connectivity index (χ2n) is 5.68. The predicted octanol–water partition coefficient (Wildman–Crippen LogP) is 3.37. The minimum atomic E-state index is -3.67. The number of nitrogens with zero attached hydrogens (tertiary/aromatic N) is 2. The SMILES string of the molecule is Cc1nn(Cc2ccccc2)cc1S(=O)(=O)NCc1ccccc1Cl. The zero-order valence-electron chi connectivity index (χ0n) is 13.7. The number of aromatic nitrogens is 2. The van der Waals surface area contributed by atoms with Crippen LogP contribution in [0, 0.1) is 6.92 Å². The Hall–Kier alpha value is -2.15. The number of benzene rings is 2. The quantitative estimate of drug-likeness (QED) is 0.718. The molecule has 3 aromatic rings. The van der Waals surface area contributed by atoms with E-state index in [1.807, 2.05) is 36.4 Å². The zero-order chi connectivity index (χ0) is 17.9.